The molecule has 0 saturated heterocycles. The molecule has 0 unspecified atom stereocenters. The van der Waals surface area contributed by atoms with E-state index in [0.717, 1.165) is 31.4 Å². The van der Waals surface area contributed by atoms with E-state index in [-0.39, 0.29) is 5.97 Å². The number of H-pyrrole nitrogens is 1. The van der Waals surface area contributed by atoms with Crippen molar-refractivity contribution < 1.29 is 9.53 Å². The zero-order valence-electron chi connectivity index (χ0n) is 10.4. The van der Waals surface area contributed by atoms with E-state index >= 15 is 0 Å². The fraction of sp³-hybridized carbons (Fsp3) is 0.667. The molecule has 17 heavy (non-hydrogen) atoms. The first-order valence-electron chi connectivity index (χ1n) is 5.96. The fourth-order valence-electron chi connectivity index (χ4n) is 2.67. The quantitative estimate of drug-likeness (QED) is 0.803. The van der Waals surface area contributed by atoms with E-state index in [1.165, 1.54) is 7.11 Å². The number of methoxy groups -OCH3 is 1. The van der Waals surface area contributed by atoms with Crippen molar-refractivity contribution >= 4 is 5.97 Å². The van der Waals surface area contributed by atoms with Crippen LogP contribution < -0.4 is 0 Å². The van der Waals surface area contributed by atoms with E-state index in [9.17, 15) is 4.79 Å². The average Bonchev–Trinajstić information content (AvgIpc) is 2.98. The van der Waals surface area contributed by atoms with Crippen molar-refractivity contribution in [1.29, 1.82) is 0 Å². The maximum Gasteiger partial charge on any atom is 0.326 e. The molecule has 1 aromatic heterocycles. The van der Waals surface area contributed by atoms with Gasteiger partial charge in [0, 0.05) is 18.4 Å². The number of esters is 1. The number of carbonyl (C=O) groups excluding carboxylic acids is 1. The van der Waals surface area contributed by atoms with Crippen LogP contribution >= 0.6 is 0 Å². The summed E-state index contributed by atoms with van der Waals surface area (Å²) in [5, 5.41) is 0. The predicted molar refractivity (Wildman–Crippen MR) is 63.3 cm³/mol. The van der Waals surface area contributed by atoms with Gasteiger partial charge in [0.2, 0.25) is 0 Å². The highest BCUT2D eigenvalue weighted by Crippen LogP contribution is 2.36. The van der Waals surface area contributed by atoms with Crippen LogP contribution in [-0.2, 0) is 16.1 Å². The summed E-state index contributed by atoms with van der Waals surface area (Å²) >= 11 is 0. The standard InChI is InChI=1S/C12H19N3O2/c1-15(8-10-7-13-9-14-10)12(11(16)17-2)5-3-4-6-12/h7,9H,3-6,8H2,1-2H3,(H,13,14). The molecule has 1 saturated carbocycles. The van der Waals surface area contributed by atoms with Crippen LogP contribution in [0.4, 0.5) is 0 Å². The number of rotatable bonds is 4. The number of likely N-dealkylation sites (N-methyl/N-ethyl adjacent to an activating group) is 1. The molecule has 5 nitrogen and oxygen atoms in total. The van der Waals surface area contributed by atoms with Crippen molar-refractivity contribution in [1.82, 2.24) is 14.9 Å². The van der Waals surface area contributed by atoms with E-state index in [2.05, 4.69) is 14.9 Å². The lowest BCUT2D eigenvalue weighted by molar-refractivity contribution is -0.154. The first-order chi connectivity index (χ1) is 8.19. The number of imidazole rings is 1. The van der Waals surface area contributed by atoms with Crippen LogP contribution in [-0.4, -0.2) is 40.5 Å². The van der Waals surface area contributed by atoms with Crippen molar-refractivity contribution in [3.05, 3.63) is 18.2 Å². The molecule has 1 aliphatic rings. The number of nitrogens with one attached hydrogen (secondary N) is 1. The topological polar surface area (TPSA) is 58.2 Å². The molecule has 0 aromatic carbocycles. The number of carbonyl (C=O) groups is 1. The summed E-state index contributed by atoms with van der Waals surface area (Å²) in [5.41, 5.74) is 0.572. The van der Waals surface area contributed by atoms with Crippen molar-refractivity contribution in [2.45, 2.75) is 37.8 Å². The normalized spacial score (nSPS) is 18.5. The highest BCUT2D eigenvalue weighted by atomic mass is 16.5. The average molecular weight is 237 g/mol. The van der Waals surface area contributed by atoms with Gasteiger partial charge in [-0.15, -0.1) is 0 Å². The van der Waals surface area contributed by atoms with Crippen LogP contribution in [0.5, 0.6) is 0 Å². The second-order valence-electron chi connectivity index (χ2n) is 4.66. The molecule has 94 valence electrons. The summed E-state index contributed by atoms with van der Waals surface area (Å²) < 4.78 is 4.97. The molecule has 0 spiro atoms. The molecule has 0 aliphatic heterocycles. The van der Waals surface area contributed by atoms with Gasteiger partial charge in [-0.2, -0.15) is 0 Å². The Morgan fingerprint density at radius 2 is 2.29 bits per heavy atom. The largest absolute Gasteiger partial charge is 0.468 e. The highest BCUT2D eigenvalue weighted by Gasteiger charge is 2.45. The minimum Gasteiger partial charge on any atom is -0.468 e. The van der Waals surface area contributed by atoms with Crippen LogP contribution in [0.3, 0.4) is 0 Å². The fourth-order valence-corrected chi connectivity index (χ4v) is 2.67. The third kappa shape index (κ3) is 2.20. The highest BCUT2D eigenvalue weighted by molar-refractivity contribution is 5.81. The Hall–Kier alpha value is -1.36. The van der Waals surface area contributed by atoms with Gasteiger partial charge in [-0.3, -0.25) is 9.69 Å². The number of hydrogen-bond acceptors (Lipinski definition) is 4. The maximum absolute atomic E-state index is 12.0. The Balaban J connectivity index is 2.13. The Labute approximate surface area is 101 Å². The molecule has 0 amide bonds. The SMILES string of the molecule is COC(=O)C1(N(C)Cc2cnc[nH]2)CCCC1. The van der Waals surface area contributed by atoms with Gasteiger partial charge in [-0.1, -0.05) is 12.8 Å². The van der Waals surface area contributed by atoms with Crippen LogP contribution in [0.25, 0.3) is 0 Å². The van der Waals surface area contributed by atoms with Crippen molar-refractivity contribution in [3.8, 4) is 0 Å². The smallest absolute Gasteiger partial charge is 0.326 e. The number of nitrogens with zero attached hydrogens (tertiary/aromatic N) is 2. The van der Waals surface area contributed by atoms with Gasteiger partial charge in [0.1, 0.15) is 5.54 Å². The first-order valence-corrected chi connectivity index (χ1v) is 5.96. The second kappa shape index (κ2) is 4.87. The van der Waals surface area contributed by atoms with Crippen LogP contribution in [0.15, 0.2) is 12.5 Å². The van der Waals surface area contributed by atoms with Crippen LogP contribution in [0.1, 0.15) is 31.4 Å². The van der Waals surface area contributed by atoms with Gasteiger partial charge in [0.05, 0.1) is 13.4 Å². The Kier molecular flexibility index (Phi) is 3.47. The van der Waals surface area contributed by atoms with Crippen molar-refractivity contribution in [3.63, 3.8) is 0 Å². The summed E-state index contributed by atoms with van der Waals surface area (Å²) in [6, 6.07) is 0. The van der Waals surface area contributed by atoms with Crippen LogP contribution in [0, 0.1) is 0 Å². The summed E-state index contributed by atoms with van der Waals surface area (Å²) in [6.45, 7) is 0.690. The number of ether oxygens (including phenoxy) is 1. The molecule has 5 heteroatoms. The molecule has 1 N–H and O–H groups in total. The monoisotopic (exact) mass is 237 g/mol. The maximum atomic E-state index is 12.0. The van der Waals surface area contributed by atoms with E-state index in [1.807, 2.05) is 7.05 Å². The Morgan fingerprint density at radius 1 is 1.59 bits per heavy atom. The van der Waals surface area contributed by atoms with Gasteiger partial charge in [-0.05, 0) is 19.9 Å². The molecule has 0 bridgehead atoms. The van der Waals surface area contributed by atoms with Gasteiger partial charge in [0.15, 0.2) is 0 Å². The second-order valence-corrected chi connectivity index (χ2v) is 4.66. The molecule has 1 aromatic rings. The molecular weight excluding hydrogens is 218 g/mol. The van der Waals surface area contributed by atoms with E-state index in [4.69, 9.17) is 4.74 Å². The third-order valence-electron chi connectivity index (χ3n) is 3.69. The van der Waals surface area contributed by atoms with Crippen molar-refractivity contribution in [2.24, 2.45) is 0 Å². The lowest BCUT2D eigenvalue weighted by Crippen LogP contribution is -2.51. The lowest BCUT2D eigenvalue weighted by Gasteiger charge is -2.35. The number of hydrogen-bond donors (Lipinski definition) is 1. The Morgan fingerprint density at radius 3 is 2.82 bits per heavy atom. The van der Waals surface area contributed by atoms with E-state index in [0.29, 0.717) is 6.54 Å². The van der Waals surface area contributed by atoms with Gasteiger partial charge in [0.25, 0.3) is 0 Å². The van der Waals surface area contributed by atoms with Crippen molar-refractivity contribution in [2.75, 3.05) is 14.2 Å². The Bertz CT molecular complexity index is 369. The molecule has 0 atom stereocenters. The summed E-state index contributed by atoms with van der Waals surface area (Å²) in [7, 11) is 3.44. The minimum absolute atomic E-state index is 0.114. The number of aromatic amines is 1. The molecule has 1 fully saturated rings. The third-order valence-corrected chi connectivity index (χ3v) is 3.69. The molecule has 2 rings (SSSR count). The zero-order chi connectivity index (χ0) is 12.3. The molecule has 1 heterocycles. The zero-order valence-corrected chi connectivity index (χ0v) is 10.4. The predicted octanol–water partition coefficient (Wildman–Crippen LogP) is 1.33. The van der Waals surface area contributed by atoms with Gasteiger partial charge >= 0.3 is 5.97 Å². The molecule has 1 aliphatic carbocycles. The summed E-state index contributed by atoms with van der Waals surface area (Å²) in [4.78, 5) is 21.2. The van der Waals surface area contributed by atoms with Crippen LogP contribution in [0.2, 0.25) is 0 Å². The minimum atomic E-state index is -0.445. The molecule has 0 radical (unpaired) electrons. The van der Waals surface area contributed by atoms with Gasteiger partial charge in [-0.25, -0.2) is 4.98 Å². The molecular formula is C12H19N3O2. The number of aromatic nitrogens is 2. The van der Waals surface area contributed by atoms with E-state index < -0.39 is 5.54 Å². The van der Waals surface area contributed by atoms with E-state index in [1.54, 1.807) is 12.5 Å². The lowest BCUT2D eigenvalue weighted by atomic mass is 9.95. The van der Waals surface area contributed by atoms with Gasteiger partial charge < -0.3 is 9.72 Å². The summed E-state index contributed by atoms with van der Waals surface area (Å²) in [6.07, 6.45) is 7.37. The first kappa shape index (κ1) is 12.1. The summed E-state index contributed by atoms with van der Waals surface area (Å²) in [5.74, 6) is -0.114.